The lowest BCUT2D eigenvalue weighted by atomic mass is 10.0. The molecule has 0 radical (unpaired) electrons. The van der Waals surface area contributed by atoms with Crippen LogP contribution in [0.5, 0.6) is 0 Å². The van der Waals surface area contributed by atoms with Gasteiger partial charge in [0.15, 0.2) is 6.10 Å². The number of ether oxygens (including phenoxy) is 2. The Bertz CT molecular complexity index is 1800. The SMILES string of the molecule is CC/C=C\C/C=C\C/C=C\C/C=C\C/C=C\C/C=C\C/C=C\C/C=C\C/C=C\CCCCCCCCCCCCCC(=O)OC(COC(=O)CCCCCCCCCCCCCCCCCCCCCCCC)COP(=O)(O)OCC[N+](C)(C)C. The molecule has 0 aliphatic rings. The van der Waals surface area contributed by atoms with Gasteiger partial charge >= 0.3 is 19.8 Å². The average Bonchev–Trinajstić information content (AvgIpc) is 3.50. The van der Waals surface area contributed by atoms with Gasteiger partial charge in [-0.25, -0.2) is 4.57 Å². The van der Waals surface area contributed by atoms with E-state index in [0.717, 1.165) is 103 Å². The summed E-state index contributed by atoms with van der Waals surface area (Å²) >= 11 is 0. The lowest BCUT2D eigenvalue weighted by molar-refractivity contribution is -0.870. The van der Waals surface area contributed by atoms with Gasteiger partial charge in [0, 0.05) is 12.8 Å². The van der Waals surface area contributed by atoms with E-state index in [1.165, 1.54) is 167 Å². The highest BCUT2D eigenvalue weighted by molar-refractivity contribution is 7.47. The van der Waals surface area contributed by atoms with Crippen LogP contribution in [0.2, 0.25) is 0 Å². The minimum atomic E-state index is -4.40. The van der Waals surface area contributed by atoms with E-state index in [9.17, 15) is 19.0 Å². The molecule has 0 aromatic carbocycles. The maximum Gasteiger partial charge on any atom is 0.472 e. The molecule has 85 heavy (non-hydrogen) atoms. The van der Waals surface area contributed by atoms with E-state index in [4.69, 9.17) is 18.5 Å². The summed E-state index contributed by atoms with van der Waals surface area (Å²) in [5.41, 5.74) is 0. The third kappa shape index (κ3) is 69.6. The Morgan fingerprint density at radius 3 is 1.00 bits per heavy atom. The summed E-state index contributed by atoms with van der Waals surface area (Å²) in [4.78, 5) is 35.9. The van der Waals surface area contributed by atoms with Gasteiger partial charge in [-0.2, -0.15) is 0 Å². The molecule has 0 aliphatic carbocycles. The van der Waals surface area contributed by atoms with Gasteiger partial charge in [-0.3, -0.25) is 18.6 Å². The molecule has 0 aliphatic heterocycles. The van der Waals surface area contributed by atoms with Crippen LogP contribution in [0.3, 0.4) is 0 Å². The Labute approximate surface area is 525 Å². The van der Waals surface area contributed by atoms with E-state index in [0.29, 0.717) is 17.4 Å². The van der Waals surface area contributed by atoms with Crippen molar-refractivity contribution in [1.82, 2.24) is 0 Å². The van der Waals surface area contributed by atoms with Crippen molar-refractivity contribution < 1.29 is 42.1 Å². The molecule has 0 saturated carbocycles. The number of phosphoric ester groups is 1. The number of likely N-dealkylation sites (N-methyl/N-ethyl adjacent to an activating group) is 1. The number of unbranched alkanes of at least 4 members (excludes halogenated alkanes) is 32. The zero-order chi connectivity index (χ0) is 61.9. The first kappa shape index (κ1) is 81.7. The van der Waals surface area contributed by atoms with Crippen LogP contribution in [0.25, 0.3) is 0 Å². The Kier molecular flexibility index (Phi) is 62.6. The van der Waals surface area contributed by atoms with Crippen LogP contribution in [-0.2, 0) is 32.7 Å². The van der Waals surface area contributed by atoms with Gasteiger partial charge in [0.2, 0.25) is 0 Å². The second-order valence-electron chi connectivity index (χ2n) is 24.5. The molecule has 0 spiro atoms. The minimum absolute atomic E-state index is 0.0288. The molecule has 2 atom stereocenters. The first-order chi connectivity index (χ1) is 41.5. The van der Waals surface area contributed by atoms with Gasteiger partial charge in [-0.05, 0) is 83.5 Å². The van der Waals surface area contributed by atoms with E-state index in [-0.39, 0.29) is 32.0 Å². The van der Waals surface area contributed by atoms with Crippen LogP contribution < -0.4 is 0 Å². The fraction of sp³-hybridized carbons (Fsp3) is 0.733. The zero-order valence-electron chi connectivity index (χ0n) is 55.8. The maximum absolute atomic E-state index is 12.9. The fourth-order valence-corrected chi connectivity index (χ4v) is 10.5. The maximum atomic E-state index is 12.9. The highest BCUT2D eigenvalue weighted by atomic mass is 31.2. The quantitative estimate of drug-likeness (QED) is 0.0211. The van der Waals surface area contributed by atoms with Crippen LogP contribution in [-0.4, -0.2) is 74.9 Å². The number of carbonyl (C=O) groups excluding carboxylic acids is 2. The topological polar surface area (TPSA) is 108 Å². The predicted octanol–water partition coefficient (Wildman–Crippen LogP) is 22.9. The van der Waals surface area contributed by atoms with Crippen molar-refractivity contribution in [2.24, 2.45) is 0 Å². The third-order valence-corrected chi connectivity index (χ3v) is 16.1. The molecule has 10 heteroatoms. The van der Waals surface area contributed by atoms with Crippen molar-refractivity contribution in [2.45, 2.75) is 309 Å². The number of hydrogen-bond acceptors (Lipinski definition) is 7. The smallest absolute Gasteiger partial charge is 0.462 e. The molecule has 0 rings (SSSR count). The van der Waals surface area contributed by atoms with E-state index >= 15 is 0 Å². The van der Waals surface area contributed by atoms with Crippen LogP contribution in [0.1, 0.15) is 303 Å². The van der Waals surface area contributed by atoms with Crippen molar-refractivity contribution >= 4 is 19.8 Å². The van der Waals surface area contributed by atoms with E-state index < -0.39 is 26.5 Å². The number of nitrogens with zero attached hydrogens (tertiary/aromatic N) is 1. The summed E-state index contributed by atoms with van der Waals surface area (Å²) < 4.78 is 34.7. The second-order valence-corrected chi connectivity index (χ2v) is 26.0. The van der Waals surface area contributed by atoms with Crippen LogP contribution in [0.4, 0.5) is 0 Å². The van der Waals surface area contributed by atoms with Crippen molar-refractivity contribution in [3.05, 3.63) is 109 Å². The van der Waals surface area contributed by atoms with E-state index in [1.807, 2.05) is 21.1 Å². The number of phosphoric acid groups is 1. The Hall–Kier alpha value is -3.33. The monoisotopic (exact) mass is 1210 g/mol. The highest BCUT2D eigenvalue weighted by Crippen LogP contribution is 2.43. The first-order valence-corrected chi connectivity index (χ1v) is 36.6. The zero-order valence-corrected chi connectivity index (χ0v) is 56.7. The molecule has 0 saturated heterocycles. The third-order valence-electron chi connectivity index (χ3n) is 15.1. The second kappa shape index (κ2) is 65.1. The van der Waals surface area contributed by atoms with Gasteiger partial charge in [0.1, 0.15) is 19.8 Å². The van der Waals surface area contributed by atoms with Gasteiger partial charge in [0.25, 0.3) is 0 Å². The highest BCUT2D eigenvalue weighted by Gasteiger charge is 2.27. The summed E-state index contributed by atoms with van der Waals surface area (Å²) in [5.74, 6) is -0.792. The van der Waals surface area contributed by atoms with Crippen molar-refractivity contribution in [2.75, 3.05) is 47.5 Å². The summed E-state index contributed by atoms with van der Waals surface area (Å²) in [7, 11) is 1.48. The summed E-state index contributed by atoms with van der Waals surface area (Å²) in [5, 5.41) is 0. The number of rotatable bonds is 64. The molecule has 0 aromatic rings. The lowest BCUT2D eigenvalue weighted by Crippen LogP contribution is -2.37. The number of esters is 2. The molecule has 0 amide bonds. The first-order valence-electron chi connectivity index (χ1n) is 35.1. The van der Waals surface area contributed by atoms with Crippen LogP contribution >= 0.6 is 7.82 Å². The Morgan fingerprint density at radius 1 is 0.376 bits per heavy atom. The Morgan fingerprint density at radius 2 is 0.671 bits per heavy atom. The average molecular weight is 1210 g/mol. The van der Waals surface area contributed by atoms with Crippen molar-refractivity contribution in [3.8, 4) is 0 Å². The molecule has 0 aromatic heterocycles. The lowest BCUT2D eigenvalue weighted by Gasteiger charge is -2.24. The molecule has 0 bridgehead atoms. The molecule has 9 nitrogen and oxygen atoms in total. The molecule has 0 fully saturated rings. The van der Waals surface area contributed by atoms with Crippen LogP contribution in [0.15, 0.2) is 109 Å². The number of allylic oxidation sites excluding steroid dienone is 18. The normalized spacial score (nSPS) is 13.8. The van der Waals surface area contributed by atoms with Crippen molar-refractivity contribution in [1.29, 1.82) is 0 Å². The molecule has 2 unspecified atom stereocenters. The summed E-state index contributed by atoms with van der Waals surface area (Å²) in [6, 6.07) is 0. The minimum Gasteiger partial charge on any atom is -0.462 e. The molecular weight excluding hydrogens is 1070 g/mol. The van der Waals surface area contributed by atoms with E-state index in [1.54, 1.807) is 0 Å². The van der Waals surface area contributed by atoms with Gasteiger partial charge in [-0.1, -0.05) is 316 Å². The molecule has 490 valence electrons. The number of hydrogen-bond donors (Lipinski definition) is 1. The number of carbonyl (C=O) groups is 2. The number of quaternary nitrogens is 1. The fourth-order valence-electron chi connectivity index (χ4n) is 9.72. The standard InChI is InChI=1S/C75H132NO8P/c1-6-8-10-12-14-16-18-20-22-24-26-28-30-31-32-33-34-35-36-37-38-39-40-41-42-43-44-45-46-48-50-52-54-56-58-60-62-64-66-68-75(78)84-73(72-83-85(79,80)82-70-69-76(3,4)5)71-81-74(77)67-65-63-61-59-57-55-53-51-49-47-29-27-25-23-21-19-17-15-13-11-9-7-2/h8,10,14,16,20,22,26,28,31-32,34-35,37-38,40-41,43-44,73H,6-7,9,11-13,15,17-19,21,23-25,27,29-30,33,36,39,42,45-72H2,1-5H3/p+1/b10-8-,16-14-,22-20-,28-26-,32-31-,35-34-,38-37-,41-40-,44-43-. The molecule has 1 N–H and O–H groups in total. The summed E-state index contributed by atoms with van der Waals surface area (Å²) in [6.45, 7) is 4.35. The molecule has 0 heterocycles. The van der Waals surface area contributed by atoms with E-state index in [2.05, 4.69) is 123 Å². The Balaban J connectivity index is 4.06. The molecular formula is C75H133NO8P+. The van der Waals surface area contributed by atoms with Crippen LogP contribution in [0, 0.1) is 0 Å². The van der Waals surface area contributed by atoms with Gasteiger partial charge in [0.05, 0.1) is 27.7 Å². The van der Waals surface area contributed by atoms with Gasteiger partial charge < -0.3 is 18.9 Å². The summed E-state index contributed by atoms with van der Waals surface area (Å²) in [6.07, 6.45) is 91.9. The largest absolute Gasteiger partial charge is 0.472 e. The predicted molar refractivity (Wildman–Crippen MR) is 367 cm³/mol. The van der Waals surface area contributed by atoms with Gasteiger partial charge in [-0.15, -0.1) is 0 Å². The van der Waals surface area contributed by atoms with Crippen molar-refractivity contribution in [3.63, 3.8) is 0 Å².